The summed E-state index contributed by atoms with van der Waals surface area (Å²) in [7, 11) is 0. The number of nitrogens with one attached hydrogen (secondary N) is 2. The molecule has 1 aromatic heterocycles. The minimum absolute atomic E-state index is 0.0555. The van der Waals surface area contributed by atoms with Gasteiger partial charge in [0.2, 0.25) is 4.77 Å². The zero-order chi connectivity index (χ0) is 9.14. The molecule has 0 radical (unpaired) electrons. The molecule has 0 aliphatic heterocycles. The molecule has 12 heavy (non-hydrogen) atoms. The standard InChI is InChI=1S/C6H9N3OS2/c1-3(2)10-4-7-5(11)9-6(12)8-4/h3H,1-2H3,(H2,7,8,9,11,12). The fraction of sp³-hybridized carbons (Fsp3) is 0.500. The van der Waals surface area contributed by atoms with Crippen molar-refractivity contribution in [3.8, 4) is 6.01 Å². The summed E-state index contributed by atoms with van der Waals surface area (Å²) in [6.45, 7) is 3.80. The minimum Gasteiger partial charge on any atom is -0.462 e. The van der Waals surface area contributed by atoms with E-state index in [1.807, 2.05) is 13.8 Å². The zero-order valence-electron chi connectivity index (χ0n) is 6.75. The Bertz CT molecular complexity index is 339. The van der Waals surface area contributed by atoms with E-state index < -0.39 is 0 Å². The maximum atomic E-state index is 5.26. The largest absolute Gasteiger partial charge is 0.462 e. The summed E-state index contributed by atoms with van der Waals surface area (Å²) in [5.41, 5.74) is 0. The van der Waals surface area contributed by atoms with Crippen LogP contribution in [0, 0.1) is 9.54 Å². The molecular weight excluding hydrogens is 194 g/mol. The van der Waals surface area contributed by atoms with Gasteiger partial charge in [0, 0.05) is 0 Å². The van der Waals surface area contributed by atoms with Crippen LogP contribution in [-0.2, 0) is 0 Å². The lowest BCUT2D eigenvalue weighted by atomic mass is 10.5. The second-order valence-corrected chi connectivity index (χ2v) is 3.26. The molecule has 66 valence electrons. The Labute approximate surface area is 80.0 Å². The lowest BCUT2D eigenvalue weighted by molar-refractivity contribution is 0.220. The summed E-state index contributed by atoms with van der Waals surface area (Å²) in [6, 6.07) is 0.360. The number of H-pyrrole nitrogens is 2. The summed E-state index contributed by atoms with van der Waals surface area (Å²) in [4.78, 5) is 9.29. The van der Waals surface area contributed by atoms with Crippen molar-refractivity contribution in [2.45, 2.75) is 20.0 Å². The van der Waals surface area contributed by atoms with Crippen molar-refractivity contribution >= 4 is 24.4 Å². The Morgan fingerprint density at radius 1 is 1.33 bits per heavy atom. The van der Waals surface area contributed by atoms with Gasteiger partial charge in [0.05, 0.1) is 6.10 Å². The molecule has 0 fully saturated rings. The molecule has 0 spiro atoms. The van der Waals surface area contributed by atoms with Crippen molar-refractivity contribution < 1.29 is 4.74 Å². The van der Waals surface area contributed by atoms with Crippen LogP contribution in [0.15, 0.2) is 0 Å². The van der Waals surface area contributed by atoms with E-state index in [9.17, 15) is 0 Å². The molecule has 0 aliphatic carbocycles. The molecule has 0 unspecified atom stereocenters. The van der Waals surface area contributed by atoms with E-state index in [0.29, 0.717) is 15.6 Å². The number of hydrogen-bond donors (Lipinski definition) is 2. The Hall–Kier alpha value is -0.750. The lowest BCUT2D eigenvalue weighted by Gasteiger charge is -2.06. The van der Waals surface area contributed by atoms with Crippen LogP contribution in [0.4, 0.5) is 0 Å². The van der Waals surface area contributed by atoms with Gasteiger partial charge in [-0.05, 0) is 38.3 Å². The summed E-state index contributed by atoms with van der Waals surface area (Å²) in [5.74, 6) is 0. The molecule has 0 atom stereocenters. The third kappa shape index (κ3) is 2.71. The van der Waals surface area contributed by atoms with Gasteiger partial charge in [-0.1, -0.05) is 0 Å². The second kappa shape index (κ2) is 3.77. The maximum absolute atomic E-state index is 5.26. The van der Waals surface area contributed by atoms with Gasteiger partial charge in [-0.3, -0.25) is 4.98 Å². The van der Waals surface area contributed by atoms with Crippen LogP contribution in [0.3, 0.4) is 0 Å². The third-order valence-corrected chi connectivity index (χ3v) is 1.39. The van der Waals surface area contributed by atoms with Crippen molar-refractivity contribution in [1.82, 2.24) is 15.0 Å². The van der Waals surface area contributed by atoms with E-state index in [0.717, 1.165) is 0 Å². The predicted molar refractivity (Wildman–Crippen MR) is 50.4 cm³/mol. The summed E-state index contributed by atoms with van der Waals surface area (Å²) in [5, 5.41) is 0. The molecule has 0 saturated carbocycles. The smallest absolute Gasteiger partial charge is 0.298 e. The van der Waals surface area contributed by atoms with Crippen molar-refractivity contribution in [1.29, 1.82) is 0 Å². The van der Waals surface area contributed by atoms with Crippen LogP contribution >= 0.6 is 24.4 Å². The van der Waals surface area contributed by atoms with Gasteiger partial charge in [0.25, 0.3) is 6.01 Å². The molecule has 0 saturated heterocycles. The SMILES string of the molecule is CC(C)Oc1nc(=S)[nH]c(=S)[nH]1. The van der Waals surface area contributed by atoms with Gasteiger partial charge < -0.3 is 9.72 Å². The van der Waals surface area contributed by atoms with Gasteiger partial charge in [-0.15, -0.1) is 0 Å². The Balaban J connectivity index is 3.01. The first-order chi connectivity index (χ1) is 5.58. The quantitative estimate of drug-likeness (QED) is 0.722. The first-order valence-corrected chi connectivity index (χ1v) is 4.27. The van der Waals surface area contributed by atoms with Gasteiger partial charge in [0.1, 0.15) is 0 Å². The summed E-state index contributed by atoms with van der Waals surface area (Å²) in [6.07, 6.45) is 0.0555. The van der Waals surface area contributed by atoms with E-state index in [-0.39, 0.29) is 6.10 Å². The number of aromatic nitrogens is 3. The Kier molecular flexibility index (Phi) is 2.93. The maximum Gasteiger partial charge on any atom is 0.298 e. The first-order valence-electron chi connectivity index (χ1n) is 3.45. The van der Waals surface area contributed by atoms with E-state index in [4.69, 9.17) is 29.2 Å². The van der Waals surface area contributed by atoms with Crippen LogP contribution in [0.25, 0.3) is 0 Å². The second-order valence-electron chi connectivity index (χ2n) is 2.47. The molecule has 6 heteroatoms. The number of ether oxygens (including phenoxy) is 1. The zero-order valence-corrected chi connectivity index (χ0v) is 8.38. The Morgan fingerprint density at radius 2 is 2.00 bits per heavy atom. The first kappa shape index (κ1) is 9.34. The molecule has 4 nitrogen and oxygen atoms in total. The number of aromatic amines is 2. The highest BCUT2D eigenvalue weighted by molar-refractivity contribution is 7.71. The third-order valence-electron chi connectivity index (χ3n) is 0.991. The highest BCUT2D eigenvalue weighted by Crippen LogP contribution is 2.01. The van der Waals surface area contributed by atoms with Crippen LogP contribution in [0.5, 0.6) is 6.01 Å². The van der Waals surface area contributed by atoms with Crippen LogP contribution in [-0.4, -0.2) is 21.1 Å². The van der Waals surface area contributed by atoms with Crippen molar-refractivity contribution in [2.24, 2.45) is 0 Å². The predicted octanol–water partition coefficient (Wildman–Crippen LogP) is 1.98. The van der Waals surface area contributed by atoms with Gasteiger partial charge in [0.15, 0.2) is 4.77 Å². The normalized spacial score (nSPS) is 10.2. The van der Waals surface area contributed by atoms with E-state index in [1.165, 1.54) is 0 Å². The van der Waals surface area contributed by atoms with Gasteiger partial charge in [-0.2, -0.15) is 4.98 Å². The van der Waals surface area contributed by atoms with Crippen LogP contribution in [0.1, 0.15) is 13.8 Å². The molecular formula is C6H9N3OS2. The number of hydrogen-bond acceptors (Lipinski definition) is 4. The van der Waals surface area contributed by atoms with Crippen molar-refractivity contribution in [3.05, 3.63) is 9.54 Å². The number of nitrogens with zero attached hydrogens (tertiary/aromatic N) is 1. The van der Waals surface area contributed by atoms with Gasteiger partial charge >= 0.3 is 0 Å². The average Bonchev–Trinajstić information content (AvgIpc) is 1.81. The summed E-state index contributed by atoms with van der Waals surface area (Å²) >= 11 is 9.65. The minimum atomic E-state index is 0.0555. The van der Waals surface area contributed by atoms with E-state index in [1.54, 1.807) is 0 Å². The van der Waals surface area contributed by atoms with E-state index in [2.05, 4.69) is 15.0 Å². The molecule has 1 aromatic rings. The summed E-state index contributed by atoms with van der Waals surface area (Å²) < 4.78 is 6.01. The fourth-order valence-electron chi connectivity index (χ4n) is 0.653. The topological polar surface area (TPSA) is 53.7 Å². The van der Waals surface area contributed by atoms with Crippen molar-refractivity contribution in [2.75, 3.05) is 0 Å². The molecule has 0 aliphatic rings. The van der Waals surface area contributed by atoms with Crippen molar-refractivity contribution in [3.63, 3.8) is 0 Å². The lowest BCUT2D eigenvalue weighted by Crippen LogP contribution is -2.08. The molecule has 2 N–H and O–H groups in total. The monoisotopic (exact) mass is 203 g/mol. The van der Waals surface area contributed by atoms with Crippen LogP contribution in [0.2, 0.25) is 0 Å². The van der Waals surface area contributed by atoms with E-state index >= 15 is 0 Å². The van der Waals surface area contributed by atoms with Gasteiger partial charge in [-0.25, -0.2) is 0 Å². The van der Waals surface area contributed by atoms with Crippen LogP contribution < -0.4 is 4.74 Å². The molecule has 0 aromatic carbocycles. The average molecular weight is 203 g/mol. The highest BCUT2D eigenvalue weighted by Gasteiger charge is 1.98. The Morgan fingerprint density at radius 3 is 2.50 bits per heavy atom. The molecule has 1 heterocycles. The highest BCUT2D eigenvalue weighted by atomic mass is 32.1. The molecule has 1 rings (SSSR count). The molecule has 0 amide bonds. The fourth-order valence-corrected chi connectivity index (χ4v) is 1.09. The molecule has 0 bridgehead atoms. The number of rotatable bonds is 2.